The van der Waals surface area contributed by atoms with E-state index in [9.17, 15) is 4.79 Å². The summed E-state index contributed by atoms with van der Waals surface area (Å²) in [7, 11) is 1.46. The van der Waals surface area contributed by atoms with Crippen LogP contribution >= 0.6 is 0 Å². The predicted molar refractivity (Wildman–Crippen MR) is 58.0 cm³/mol. The van der Waals surface area contributed by atoms with E-state index in [0.717, 1.165) is 11.1 Å². The summed E-state index contributed by atoms with van der Waals surface area (Å²) in [6.45, 7) is 2.00. The van der Waals surface area contributed by atoms with E-state index in [0.29, 0.717) is 18.0 Å². The SMILES string of the molecule is COCC(=O)N1Cc2cnc(CO)c(C)c2O1. The molecule has 1 amide bonds. The molecule has 0 bridgehead atoms. The number of rotatable bonds is 3. The maximum atomic E-state index is 11.6. The first kappa shape index (κ1) is 11.8. The lowest BCUT2D eigenvalue weighted by molar-refractivity contribution is -0.159. The molecule has 0 spiro atoms. The second kappa shape index (κ2) is 4.68. The van der Waals surface area contributed by atoms with E-state index in [2.05, 4.69) is 4.98 Å². The highest BCUT2D eigenvalue weighted by Crippen LogP contribution is 2.32. The molecule has 2 rings (SSSR count). The summed E-state index contributed by atoms with van der Waals surface area (Å²) in [4.78, 5) is 21.1. The van der Waals surface area contributed by atoms with E-state index < -0.39 is 0 Å². The molecule has 92 valence electrons. The fraction of sp³-hybridized carbons (Fsp3) is 0.455. The number of carbonyl (C=O) groups excluding carboxylic acids is 1. The zero-order valence-electron chi connectivity index (χ0n) is 9.77. The zero-order valence-corrected chi connectivity index (χ0v) is 9.77. The fourth-order valence-electron chi connectivity index (χ4n) is 1.71. The number of carbonyl (C=O) groups is 1. The van der Waals surface area contributed by atoms with Crippen LogP contribution in [0.5, 0.6) is 5.75 Å². The molecule has 0 atom stereocenters. The zero-order chi connectivity index (χ0) is 12.4. The summed E-state index contributed by atoms with van der Waals surface area (Å²) in [6, 6.07) is 0. The summed E-state index contributed by atoms with van der Waals surface area (Å²) >= 11 is 0. The Balaban J connectivity index is 2.22. The number of pyridine rings is 1. The maximum Gasteiger partial charge on any atom is 0.281 e. The summed E-state index contributed by atoms with van der Waals surface area (Å²) in [6.07, 6.45) is 1.62. The first-order chi connectivity index (χ1) is 8.17. The third kappa shape index (κ3) is 2.09. The number of fused-ring (bicyclic) bond motifs is 1. The Morgan fingerprint density at radius 1 is 1.71 bits per heavy atom. The lowest BCUT2D eigenvalue weighted by atomic mass is 10.1. The van der Waals surface area contributed by atoms with Crippen molar-refractivity contribution in [3.63, 3.8) is 0 Å². The number of amides is 1. The number of ether oxygens (including phenoxy) is 1. The molecule has 0 aliphatic carbocycles. The van der Waals surface area contributed by atoms with Crippen LogP contribution in [0, 0.1) is 6.92 Å². The third-order valence-corrected chi connectivity index (χ3v) is 2.65. The molecule has 1 aliphatic heterocycles. The van der Waals surface area contributed by atoms with Crippen LogP contribution < -0.4 is 4.84 Å². The number of hydroxylamine groups is 2. The van der Waals surface area contributed by atoms with Gasteiger partial charge in [-0.25, -0.2) is 0 Å². The second-order valence-corrected chi connectivity index (χ2v) is 3.80. The lowest BCUT2D eigenvalue weighted by Gasteiger charge is -2.14. The Bertz CT molecular complexity index is 447. The molecule has 1 aromatic heterocycles. The predicted octanol–water partition coefficient (Wildman–Crippen LogP) is 0.165. The largest absolute Gasteiger partial charge is 0.390 e. The monoisotopic (exact) mass is 238 g/mol. The Morgan fingerprint density at radius 2 is 2.47 bits per heavy atom. The molecule has 2 heterocycles. The standard InChI is InChI=1S/C11H14N2O4/c1-7-9(5-14)12-3-8-4-13(17-11(7)8)10(15)6-16-2/h3,14H,4-6H2,1-2H3. The average molecular weight is 238 g/mol. The van der Waals surface area contributed by atoms with E-state index >= 15 is 0 Å². The normalized spacial score (nSPS) is 13.5. The van der Waals surface area contributed by atoms with Gasteiger partial charge in [-0.15, -0.1) is 0 Å². The molecule has 6 heteroatoms. The smallest absolute Gasteiger partial charge is 0.281 e. The van der Waals surface area contributed by atoms with Crippen LogP contribution in [0.2, 0.25) is 0 Å². The molecule has 17 heavy (non-hydrogen) atoms. The molecule has 0 unspecified atom stereocenters. The van der Waals surface area contributed by atoms with Crippen molar-refractivity contribution in [3.8, 4) is 5.75 Å². The highest BCUT2D eigenvalue weighted by atomic mass is 16.7. The number of hydrogen-bond acceptors (Lipinski definition) is 5. The minimum absolute atomic E-state index is 0.0205. The summed E-state index contributed by atoms with van der Waals surface area (Å²) < 4.78 is 4.76. The molecule has 1 aromatic rings. The number of aliphatic hydroxyl groups is 1. The van der Waals surface area contributed by atoms with Crippen molar-refractivity contribution in [3.05, 3.63) is 23.0 Å². The lowest BCUT2D eigenvalue weighted by Crippen LogP contribution is -2.32. The van der Waals surface area contributed by atoms with Crippen LogP contribution in [0.1, 0.15) is 16.8 Å². The van der Waals surface area contributed by atoms with E-state index in [-0.39, 0.29) is 19.1 Å². The number of methoxy groups -OCH3 is 1. The van der Waals surface area contributed by atoms with Crippen molar-refractivity contribution in [2.75, 3.05) is 13.7 Å². The Kier molecular flexibility index (Phi) is 3.26. The maximum absolute atomic E-state index is 11.6. The molecular weight excluding hydrogens is 224 g/mol. The van der Waals surface area contributed by atoms with E-state index in [1.165, 1.54) is 12.2 Å². The topological polar surface area (TPSA) is 71.9 Å². The fourth-order valence-corrected chi connectivity index (χ4v) is 1.71. The summed E-state index contributed by atoms with van der Waals surface area (Å²) in [5.74, 6) is 0.363. The quantitative estimate of drug-likeness (QED) is 0.812. The Labute approximate surface area is 98.7 Å². The van der Waals surface area contributed by atoms with Crippen LogP contribution in [0.4, 0.5) is 0 Å². The summed E-state index contributed by atoms with van der Waals surface area (Å²) in [5.41, 5.74) is 2.16. The van der Waals surface area contributed by atoms with Gasteiger partial charge in [0, 0.05) is 24.4 Å². The minimum Gasteiger partial charge on any atom is -0.390 e. The number of aliphatic hydroxyl groups excluding tert-OH is 1. The molecular formula is C11H14N2O4. The molecule has 1 aliphatic rings. The molecule has 0 radical (unpaired) electrons. The molecule has 0 aromatic carbocycles. The van der Waals surface area contributed by atoms with Crippen molar-refractivity contribution in [1.29, 1.82) is 0 Å². The van der Waals surface area contributed by atoms with Crippen LogP contribution in [0.3, 0.4) is 0 Å². The van der Waals surface area contributed by atoms with Crippen LogP contribution in [-0.2, 0) is 22.7 Å². The van der Waals surface area contributed by atoms with Gasteiger partial charge < -0.3 is 14.7 Å². The van der Waals surface area contributed by atoms with Gasteiger partial charge in [-0.05, 0) is 6.92 Å². The minimum atomic E-state index is -0.242. The second-order valence-electron chi connectivity index (χ2n) is 3.80. The van der Waals surface area contributed by atoms with Crippen molar-refractivity contribution >= 4 is 5.91 Å². The van der Waals surface area contributed by atoms with Crippen LogP contribution in [0.15, 0.2) is 6.20 Å². The van der Waals surface area contributed by atoms with Gasteiger partial charge in [-0.3, -0.25) is 9.78 Å². The van der Waals surface area contributed by atoms with Crippen LogP contribution in [-0.4, -0.2) is 34.8 Å². The number of nitrogens with zero attached hydrogens (tertiary/aromatic N) is 2. The van der Waals surface area contributed by atoms with E-state index in [4.69, 9.17) is 14.7 Å². The summed E-state index contributed by atoms with van der Waals surface area (Å²) in [5, 5.41) is 10.3. The van der Waals surface area contributed by atoms with Gasteiger partial charge in [0.2, 0.25) is 0 Å². The molecule has 0 fully saturated rings. The van der Waals surface area contributed by atoms with Gasteiger partial charge in [0.05, 0.1) is 18.8 Å². The number of hydrogen-bond donors (Lipinski definition) is 1. The van der Waals surface area contributed by atoms with Crippen molar-refractivity contribution in [2.45, 2.75) is 20.1 Å². The Morgan fingerprint density at radius 3 is 3.12 bits per heavy atom. The third-order valence-electron chi connectivity index (χ3n) is 2.65. The Hall–Kier alpha value is -1.66. The van der Waals surface area contributed by atoms with Gasteiger partial charge in [0.25, 0.3) is 5.91 Å². The number of aromatic nitrogens is 1. The molecule has 6 nitrogen and oxygen atoms in total. The molecule has 1 N–H and O–H groups in total. The van der Waals surface area contributed by atoms with Gasteiger partial charge in [-0.2, -0.15) is 5.06 Å². The van der Waals surface area contributed by atoms with E-state index in [1.807, 2.05) is 6.92 Å². The van der Waals surface area contributed by atoms with Crippen molar-refractivity contribution in [2.24, 2.45) is 0 Å². The first-order valence-corrected chi connectivity index (χ1v) is 5.22. The van der Waals surface area contributed by atoms with Gasteiger partial charge in [-0.1, -0.05) is 0 Å². The van der Waals surface area contributed by atoms with Crippen molar-refractivity contribution in [1.82, 2.24) is 10.0 Å². The first-order valence-electron chi connectivity index (χ1n) is 5.22. The molecule has 0 saturated carbocycles. The van der Waals surface area contributed by atoms with Gasteiger partial charge in [0.15, 0.2) is 5.75 Å². The van der Waals surface area contributed by atoms with Crippen LogP contribution in [0.25, 0.3) is 0 Å². The van der Waals surface area contributed by atoms with E-state index in [1.54, 1.807) is 6.20 Å². The highest BCUT2D eigenvalue weighted by molar-refractivity contribution is 5.77. The highest BCUT2D eigenvalue weighted by Gasteiger charge is 2.28. The van der Waals surface area contributed by atoms with Crippen molar-refractivity contribution < 1.29 is 19.5 Å². The average Bonchev–Trinajstić information content (AvgIpc) is 2.75. The van der Waals surface area contributed by atoms with Gasteiger partial charge >= 0.3 is 0 Å². The van der Waals surface area contributed by atoms with Gasteiger partial charge in [0.1, 0.15) is 6.61 Å². The molecule has 0 saturated heterocycles.